The molecule has 0 heterocycles. The van der Waals surface area contributed by atoms with Crippen LogP contribution in [0.2, 0.25) is 0 Å². The maximum absolute atomic E-state index is 13.1. The van der Waals surface area contributed by atoms with E-state index in [0.29, 0.717) is 11.8 Å². The van der Waals surface area contributed by atoms with Crippen molar-refractivity contribution in [1.82, 2.24) is 0 Å². The summed E-state index contributed by atoms with van der Waals surface area (Å²) in [5, 5.41) is 10.7. The Hall–Kier alpha value is -1.10. The molecule has 0 amide bonds. The van der Waals surface area contributed by atoms with Crippen LogP contribution in [0, 0.1) is 34.5 Å². The van der Waals surface area contributed by atoms with Gasteiger partial charge in [-0.3, -0.25) is 9.59 Å². The minimum atomic E-state index is -0.555. The molecule has 7 atom stereocenters. The van der Waals surface area contributed by atoms with Crippen molar-refractivity contribution in [3.05, 3.63) is 0 Å². The highest BCUT2D eigenvalue weighted by molar-refractivity contribution is 5.80. The third-order valence-corrected chi connectivity index (χ3v) is 8.63. The third-order valence-electron chi connectivity index (χ3n) is 8.63. The Labute approximate surface area is 155 Å². The first-order valence-electron chi connectivity index (χ1n) is 10.4. The molecule has 4 aliphatic carbocycles. The SMILES string of the molecule is COC(=O)[C@]12CCC[C@H]1[C@@H]1CC[C@H]3[C@H](O)CCC[C@@]3(C(=O)OC)[C@@H]1CC2. The summed E-state index contributed by atoms with van der Waals surface area (Å²) in [5.74, 6) is 0.749. The Kier molecular flexibility index (Phi) is 4.57. The first-order chi connectivity index (χ1) is 12.5. The molecule has 1 N–H and O–H groups in total. The fourth-order valence-corrected chi connectivity index (χ4v) is 7.75. The lowest BCUT2D eigenvalue weighted by molar-refractivity contribution is -0.197. The lowest BCUT2D eigenvalue weighted by Crippen LogP contribution is -2.60. The Morgan fingerprint density at radius 3 is 2.27 bits per heavy atom. The number of methoxy groups -OCH3 is 2. The Morgan fingerprint density at radius 1 is 0.808 bits per heavy atom. The number of hydrogen-bond acceptors (Lipinski definition) is 5. The number of ether oxygens (including phenoxy) is 2. The summed E-state index contributed by atoms with van der Waals surface area (Å²) in [4.78, 5) is 25.8. The van der Waals surface area contributed by atoms with Crippen LogP contribution in [0.15, 0.2) is 0 Å². The molecule has 5 heteroatoms. The molecule has 0 radical (unpaired) electrons. The number of aliphatic hydroxyl groups is 1. The van der Waals surface area contributed by atoms with E-state index in [2.05, 4.69) is 0 Å². The number of rotatable bonds is 2. The fourth-order valence-electron chi connectivity index (χ4n) is 7.75. The van der Waals surface area contributed by atoms with Crippen molar-refractivity contribution >= 4 is 11.9 Å². The molecule has 0 saturated heterocycles. The molecule has 0 aromatic rings. The predicted molar refractivity (Wildman–Crippen MR) is 95.0 cm³/mol. The van der Waals surface area contributed by atoms with Crippen LogP contribution in [0.3, 0.4) is 0 Å². The predicted octanol–water partition coefficient (Wildman–Crippen LogP) is 3.09. The number of fused-ring (bicyclic) bond motifs is 5. The number of carbonyl (C=O) groups is 2. The van der Waals surface area contributed by atoms with Crippen LogP contribution in [0.1, 0.15) is 64.2 Å². The second-order valence-corrected chi connectivity index (χ2v) is 9.13. The van der Waals surface area contributed by atoms with Crippen LogP contribution in [0.5, 0.6) is 0 Å². The van der Waals surface area contributed by atoms with Gasteiger partial charge in [0.15, 0.2) is 0 Å². The Morgan fingerprint density at radius 2 is 1.54 bits per heavy atom. The van der Waals surface area contributed by atoms with Crippen molar-refractivity contribution in [3.8, 4) is 0 Å². The summed E-state index contributed by atoms with van der Waals surface area (Å²) in [7, 11) is 2.98. The molecule has 146 valence electrons. The van der Waals surface area contributed by atoms with E-state index >= 15 is 0 Å². The molecule has 4 fully saturated rings. The van der Waals surface area contributed by atoms with Crippen LogP contribution in [0.25, 0.3) is 0 Å². The van der Waals surface area contributed by atoms with Gasteiger partial charge in [-0.05, 0) is 75.5 Å². The maximum atomic E-state index is 13.1. The zero-order chi connectivity index (χ0) is 18.5. The van der Waals surface area contributed by atoms with E-state index < -0.39 is 11.5 Å². The summed E-state index contributed by atoms with van der Waals surface area (Å²) >= 11 is 0. The molecule has 0 aromatic heterocycles. The van der Waals surface area contributed by atoms with Crippen LogP contribution in [-0.4, -0.2) is 37.4 Å². The Bertz CT molecular complexity index is 589. The van der Waals surface area contributed by atoms with E-state index in [9.17, 15) is 14.7 Å². The molecular weight excluding hydrogens is 332 g/mol. The number of carbonyl (C=O) groups excluding carboxylic acids is 2. The summed E-state index contributed by atoms with van der Waals surface area (Å²) in [6, 6.07) is 0. The third kappa shape index (κ3) is 2.25. The molecule has 4 rings (SSSR count). The molecule has 0 spiro atoms. The van der Waals surface area contributed by atoms with Gasteiger partial charge in [-0.1, -0.05) is 6.42 Å². The lowest BCUT2D eigenvalue weighted by Gasteiger charge is -2.59. The van der Waals surface area contributed by atoms with Gasteiger partial charge < -0.3 is 14.6 Å². The molecule has 4 aliphatic rings. The molecular formula is C21H32O5. The quantitative estimate of drug-likeness (QED) is 0.762. The highest BCUT2D eigenvalue weighted by Crippen LogP contribution is 2.66. The molecule has 5 nitrogen and oxygen atoms in total. The second-order valence-electron chi connectivity index (χ2n) is 9.13. The number of aliphatic hydroxyl groups excluding tert-OH is 1. The van der Waals surface area contributed by atoms with Gasteiger partial charge in [0.2, 0.25) is 0 Å². The van der Waals surface area contributed by atoms with Gasteiger partial charge in [0.05, 0.1) is 31.2 Å². The van der Waals surface area contributed by atoms with E-state index in [-0.39, 0.29) is 29.2 Å². The van der Waals surface area contributed by atoms with Gasteiger partial charge in [-0.15, -0.1) is 0 Å². The van der Waals surface area contributed by atoms with E-state index in [1.165, 1.54) is 14.2 Å². The molecule has 0 aromatic carbocycles. The molecule has 0 bridgehead atoms. The normalized spacial score (nSPS) is 47.3. The molecule has 26 heavy (non-hydrogen) atoms. The van der Waals surface area contributed by atoms with Crippen molar-refractivity contribution in [2.75, 3.05) is 14.2 Å². The number of hydrogen-bond donors (Lipinski definition) is 1. The minimum absolute atomic E-state index is 0.0111. The van der Waals surface area contributed by atoms with Gasteiger partial charge in [-0.25, -0.2) is 0 Å². The molecule has 0 aliphatic heterocycles. The van der Waals surface area contributed by atoms with E-state index in [1.807, 2.05) is 0 Å². The van der Waals surface area contributed by atoms with Gasteiger partial charge >= 0.3 is 11.9 Å². The topological polar surface area (TPSA) is 72.8 Å². The standard InChI is InChI=1S/C21H32O5/c1-25-18(23)20-10-3-5-14(20)13-7-8-16-17(22)6-4-11-21(16,19(24)26-2)15(13)9-12-20/h13-17,22H,3-12H2,1-2H3/t13-,14-,15+,16-,17+,20-,21+/m0/s1. The van der Waals surface area contributed by atoms with Gasteiger partial charge in [0.25, 0.3) is 0 Å². The highest BCUT2D eigenvalue weighted by atomic mass is 16.5. The van der Waals surface area contributed by atoms with Gasteiger partial charge in [-0.2, -0.15) is 0 Å². The fraction of sp³-hybridized carbons (Fsp3) is 0.905. The monoisotopic (exact) mass is 364 g/mol. The lowest BCUT2D eigenvalue weighted by atomic mass is 9.44. The zero-order valence-corrected chi connectivity index (χ0v) is 16.0. The second kappa shape index (κ2) is 6.50. The molecule has 4 saturated carbocycles. The average molecular weight is 364 g/mol. The van der Waals surface area contributed by atoms with Gasteiger partial charge in [0, 0.05) is 5.92 Å². The van der Waals surface area contributed by atoms with E-state index in [4.69, 9.17) is 9.47 Å². The van der Waals surface area contributed by atoms with E-state index in [1.54, 1.807) is 0 Å². The van der Waals surface area contributed by atoms with Crippen LogP contribution in [-0.2, 0) is 19.1 Å². The van der Waals surface area contributed by atoms with Crippen molar-refractivity contribution in [3.63, 3.8) is 0 Å². The first kappa shape index (κ1) is 18.3. The van der Waals surface area contributed by atoms with Crippen molar-refractivity contribution < 1.29 is 24.2 Å². The highest BCUT2D eigenvalue weighted by Gasteiger charge is 2.66. The molecule has 0 unspecified atom stereocenters. The van der Waals surface area contributed by atoms with Crippen LogP contribution in [0.4, 0.5) is 0 Å². The van der Waals surface area contributed by atoms with Crippen molar-refractivity contribution in [2.45, 2.75) is 70.3 Å². The largest absolute Gasteiger partial charge is 0.469 e. The van der Waals surface area contributed by atoms with Crippen LogP contribution < -0.4 is 0 Å². The summed E-state index contributed by atoms with van der Waals surface area (Å²) < 4.78 is 10.5. The van der Waals surface area contributed by atoms with Gasteiger partial charge in [0.1, 0.15) is 0 Å². The van der Waals surface area contributed by atoms with E-state index in [0.717, 1.165) is 64.2 Å². The Balaban J connectivity index is 1.73. The van der Waals surface area contributed by atoms with Crippen LogP contribution >= 0.6 is 0 Å². The smallest absolute Gasteiger partial charge is 0.312 e. The number of esters is 2. The zero-order valence-electron chi connectivity index (χ0n) is 16.0. The first-order valence-corrected chi connectivity index (χ1v) is 10.4. The minimum Gasteiger partial charge on any atom is -0.469 e. The summed E-state index contributed by atoms with van der Waals surface area (Å²) in [6.07, 6.45) is 8.69. The average Bonchev–Trinajstić information content (AvgIpc) is 3.12. The van der Waals surface area contributed by atoms with Crippen molar-refractivity contribution in [2.24, 2.45) is 34.5 Å². The van der Waals surface area contributed by atoms with Crippen molar-refractivity contribution in [1.29, 1.82) is 0 Å². The summed E-state index contributed by atoms with van der Waals surface area (Å²) in [6.45, 7) is 0. The maximum Gasteiger partial charge on any atom is 0.312 e. The summed E-state index contributed by atoms with van der Waals surface area (Å²) in [5.41, 5.74) is -0.895.